The fourth-order valence-corrected chi connectivity index (χ4v) is 1.08. The molecule has 0 radical (unpaired) electrons. The number of nitrogens with zero attached hydrogens (tertiary/aromatic N) is 1. The molecule has 0 spiro atoms. The fourth-order valence-electron chi connectivity index (χ4n) is 0.984. The van der Waals surface area contributed by atoms with E-state index >= 15 is 0 Å². The van der Waals surface area contributed by atoms with E-state index in [9.17, 15) is 5.11 Å². The molecule has 0 heterocycles. The molecule has 0 fully saturated rings. The van der Waals surface area contributed by atoms with Crippen LogP contribution in [0, 0.1) is 0 Å². The smallest absolute Gasteiger partial charge is 0.0988 e. The Morgan fingerprint density at radius 3 is 2.57 bits per heavy atom. The molecule has 0 amide bonds. The molecule has 0 aromatic heterocycles. The molecule has 0 saturated heterocycles. The maximum atomic E-state index is 9.52. The van der Waals surface area contributed by atoms with E-state index in [1.807, 2.05) is 0 Å². The van der Waals surface area contributed by atoms with Gasteiger partial charge in [0.15, 0.2) is 0 Å². The van der Waals surface area contributed by atoms with E-state index in [1.165, 1.54) is 0 Å². The van der Waals surface area contributed by atoms with Gasteiger partial charge >= 0.3 is 0 Å². The van der Waals surface area contributed by atoms with Gasteiger partial charge in [-0.1, -0.05) is 0 Å². The molecule has 1 unspecified atom stereocenters. The van der Waals surface area contributed by atoms with Gasteiger partial charge in [0.2, 0.25) is 0 Å². The molecular formula is C10H14ClNO2. The Labute approximate surface area is 88.4 Å². The monoisotopic (exact) mass is 215 g/mol. The Balaban J connectivity index is 2.53. The van der Waals surface area contributed by atoms with Crippen molar-refractivity contribution in [1.29, 1.82) is 0 Å². The molecule has 1 aliphatic carbocycles. The minimum Gasteiger partial charge on any atom is -0.390 e. The second kappa shape index (κ2) is 4.73. The summed E-state index contributed by atoms with van der Waals surface area (Å²) in [6, 6.07) is 0. The Morgan fingerprint density at radius 2 is 2.07 bits per heavy atom. The zero-order chi connectivity index (χ0) is 10.6. The Bertz CT molecular complexity index is 264. The van der Waals surface area contributed by atoms with E-state index < -0.39 is 11.7 Å². The van der Waals surface area contributed by atoms with Crippen molar-refractivity contribution in [2.75, 3.05) is 12.4 Å². The molecule has 4 heteroatoms. The van der Waals surface area contributed by atoms with Crippen molar-refractivity contribution in [3.8, 4) is 0 Å². The molecule has 2 N–H and O–H groups in total. The van der Waals surface area contributed by atoms with Crippen LogP contribution in [-0.2, 0) is 0 Å². The second-order valence-electron chi connectivity index (χ2n) is 3.47. The van der Waals surface area contributed by atoms with Gasteiger partial charge in [0.05, 0.1) is 29.8 Å². The molecule has 0 aliphatic heterocycles. The predicted octanol–water partition coefficient (Wildman–Crippen LogP) is 0.904. The fraction of sp³-hybridized carbons (Fsp3) is 0.500. The highest BCUT2D eigenvalue weighted by atomic mass is 35.5. The number of allylic oxidation sites excluding steroid dienone is 2. The van der Waals surface area contributed by atoms with E-state index in [4.69, 9.17) is 16.7 Å². The summed E-state index contributed by atoms with van der Waals surface area (Å²) in [5.41, 5.74) is -0.148. The van der Waals surface area contributed by atoms with E-state index in [2.05, 4.69) is 4.99 Å². The summed E-state index contributed by atoms with van der Waals surface area (Å²) in [6.45, 7) is 1.97. The number of rotatable bonds is 3. The van der Waals surface area contributed by atoms with Crippen LogP contribution < -0.4 is 0 Å². The quantitative estimate of drug-likeness (QED) is 0.688. The number of aliphatic hydroxyl groups is 2. The zero-order valence-electron chi connectivity index (χ0n) is 8.02. The molecule has 0 aromatic carbocycles. The minimum absolute atomic E-state index is 0.182. The van der Waals surface area contributed by atoms with Crippen LogP contribution in [0.2, 0.25) is 0 Å². The van der Waals surface area contributed by atoms with Crippen molar-refractivity contribution in [1.82, 2.24) is 0 Å². The highest BCUT2D eigenvalue weighted by Crippen LogP contribution is 2.12. The van der Waals surface area contributed by atoms with Crippen LogP contribution in [-0.4, -0.2) is 40.1 Å². The van der Waals surface area contributed by atoms with Crippen LogP contribution in [0.3, 0.4) is 0 Å². The lowest BCUT2D eigenvalue weighted by atomic mass is 10.00. The summed E-state index contributed by atoms with van der Waals surface area (Å²) in [6.07, 6.45) is 6.15. The molecule has 0 saturated carbocycles. The SMILES string of the molecule is CC1(O)C=CC(=NCC(O)CCl)C=C1. The number of aliphatic hydroxyl groups excluding tert-OH is 1. The molecule has 1 atom stereocenters. The standard InChI is InChI=1S/C10H14ClNO2/c1-10(14)4-2-8(3-5-10)12-7-9(13)6-11/h2-5,9,13-14H,6-7H2,1H3. The summed E-state index contributed by atoms with van der Waals surface area (Å²) < 4.78 is 0. The van der Waals surface area contributed by atoms with Gasteiger partial charge in [0.25, 0.3) is 0 Å². The summed E-state index contributed by atoms with van der Waals surface area (Å²) in [5.74, 6) is 0.182. The number of hydrogen-bond acceptors (Lipinski definition) is 3. The van der Waals surface area contributed by atoms with Gasteiger partial charge in [-0.25, -0.2) is 0 Å². The van der Waals surface area contributed by atoms with Gasteiger partial charge in [0.1, 0.15) is 0 Å². The van der Waals surface area contributed by atoms with Crippen LogP contribution in [0.4, 0.5) is 0 Å². The van der Waals surface area contributed by atoms with Crippen molar-refractivity contribution < 1.29 is 10.2 Å². The van der Waals surface area contributed by atoms with E-state index in [-0.39, 0.29) is 12.4 Å². The predicted molar refractivity (Wildman–Crippen MR) is 57.9 cm³/mol. The highest BCUT2D eigenvalue weighted by Gasteiger charge is 2.14. The van der Waals surface area contributed by atoms with Crippen molar-refractivity contribution in [3.05, 3.63) is 24.3 Å². The third kappa shape index (κ3) is 3.62. The Hall–Kier alpha value is -0.640. The van der Waals surface area contributed by atoms with Crippen LogP contribution in [0.5, 0.6) is 0 Å². The first kappa shape index (κ1) is 11.4. The van der Waals surface area contributed by atoms with Gasteiger partial charge in [0, 0.05) is 0 Å². The Kier molecular flexibility index (Phi) is 3.86. The maximum Gasteiger partial charge on any atom is 0.0988 e. The summed E-state index contributed by atoms with van der Waals surface area (Å²) in [7, 11) is 0. The number of alkyl halides is 1. The lowest BCUT2D eigenvalue weighted by Gasteiger charge is -2.16. The van der Waals surface area contributed by atoms with Crippen LogP contribution in [0.25, 0.3) is 0 Å². The van der Waals surface area contributed by atoms with Gasteiger partial charge in [-0.05, 0) is 31.2 Å². The first-order valence-electron chi connectivity index (χ1n) is 4.43. The molecule has 1 aliphatic rings. The topological polar surface area (TPSA) is 52.8 Å². The van der Waals surface area contributed by atoms with Gasteiger partial charge in [-0.3, -0.25) is 4.99 Å². The molecular weight excluding hydrogens is 202 g/mol. The second-order valence-corrected chi connectivity index (χ2v) is 3.77. The lowest BCUT2D eigenvalue weighted by Crippen LogP contribution is -2.21. The first-order valence-corrected chi connectivity index (χ1v) is 4.96. The van der Waals surface area contributed by atoms with E-state index in [1.54, 1.807) is 31.2 Å². The third-order valence-electron chi connectivity index (χ3n) is 1.85. The molecule has 0 bridgehead atoms. The minimum atomic E-state index is -0.885. The number of halogens is 1. The van der Waals surface area contributed by atoms with E-state index in [0.717, 1.165) is 5.71 Å². The number of hydrogen-bond donors (Lipinski definition) is 2. The molecule has 3 nitrogen and oxygen atoms in total. The van der Waals surface area contributed by atoms with Crippen molar-refractivity contribution >= 4 is 17.3 Å². The first-order chi connectivity index (χ1) is 6.53. The molecule has 1 rings (SSSR count). The normalized spacial score (nSPS) is 27.9. The van der Waals surface area contributed by atoms with Crippen LogP contribution in [0.1, 0.15) is 6.92 Å². The average molecular weight is 216 g/mol. The summed E-state index contributed by atoms with van der Waals surface area (Å²) in [4.78, 5) is 4.12. The third-order valence-corrected chi connectivity index (χ3v) is 2.20. The molecule has 78 valence electrons. The van der Waals surface area contributed by atoms with Gasteiger partial charge in [-0.2, -0.15) is 0 Å². The summed E-state index contributed by atoms with van der Waals surface area (Å²) >= 11 is 5.42. The Morgan fingerprint density at radius 1 is 1.50 bits per heavy atom. The van der Waals surface area contributed by atoms with Crippen LogP contribution in [0.15, 0.2) is 29.3 Å². The average Bonchev–Trinajstić information content (AvgIpc) is 2.16. The van der Waals surface area contributed by atoms with Gasteiger partial charge < -0.3 is 10.2 Å². The van der Waals surface area contributed by atoms with E-state index in [0.29, 0.717) is 0 Å². The molecule has 0 aromatic rings. The lowest BCUT2D eigenvalue weighted by molar-refractivity contribution is 0.163. The molecule has 14 heavy (non-hydrogen) atoms. The van der Waals surface area contributed by atoms with Crippen LogP contribution >= 0.6 is 11.6 Å². The highest BCUT2D eigenvalue weighted by molar-refractivity contribution is 6.18. The van der Waals surface area contributed by atoms with Crippen molar-refractivity contribution in [2.45, 2.75) is 18.6 Å². The maximum absolute atomic E-state index is 9.52. The largest absolute Gasteiger partial charge is 0.390 e. The van der Waals surface area contributed by atoms with Crippen molar-refractivity contribution in [3.63, 3.8) is 0 Å². The zero-order valence-corrected chi connectivity index (χ0v) is 8.78. The number of aliphatic imine (C=N–C) groups is 1. The summed E-state index contributed by atoms with van der Waals surface area (Å²) in [5, 5.41) is 18.7. The van der Waals surface area contributed by atoms with Crippen molar-refractivity contribution in [2.24, 2.45) is 4.99 Å². The van der Waals surface area contributed by atoms with Gasteiger partial charge in [-0.15, -0.1) is 11.6 Å².